The van der Waals surface area contributed by atoms with Crippen LogP contribution < -0.4 is 0 Å². The van der Waals surface area contributed by atoms with Crippen molar-refractivity contribution in [2.75, 3.05) is 19.8 Å². The Kier molecular flexibility index (Phi) is 13.7. The van der Waals surface area contributed by atoms with Crippen LogP contribution in [0, 0.1) is 0 Å². The van der Waals surface area contributed by atoms with Crippen LogP contribution in [0.25, 0.3) is 0 Å². The first-order chi connectivity index (χ1) is 9.35. The number of carbonyl (C=O) groups excluding carboxylic acids is 2. The van der Waals surface area contributed by atoms with E-state index in [0.29, 0.717) is 0 Å². The van der Waals surface area contributed by atoms with Crippen LogP contribution in [0.15, 0.2) is 0 Å². The normalized spacial score (nSPS) is 11.5. The molecule has 0 aliphatic rings. The maximum absolute atomic E-state index is 12.8. The molecule has 0 aromatic rings. The summed E-state index contributed by atoms with van der Waals surface area (Å²) in [5.74, 6) is 0. The number of rotatable bonds is 9. The van der Waals surface area contributed by atoms with E-state index in [2.05, 4.69) is 24.3 Å². The Hall–Kier alpha value is -0.271. The van der Waals surface area contributed by atoms with Gasteiger partial charge in [-0.15, -0.1) is 0 Å². The van der Waals surface area contributed by atoms with Gasteiger partial charge in [0.2, 0.25) is 0 Å². The van der Waals surface area contributed by atoms with E-state index in [4.69, 9.17) is 9.59 Å². The van der Waals surface area contributed by atoms with Gasteiger partial charge in [0.15, 0.2) is 0 Å². The third kappa shape index (κ3) is 8.81. The van der Waals surface area contributed by atoms with E-state index in [0.717, 1.165) is 0 Å². The van der Waals surface area contributed by atoms with Gasteiger partial charge in [-0.25, -0.2) is 0 Å². The number of hydrogen-bond donors (Lipinski definition) is 0. The Bertz CT molecular complexity index is 247. The van der Waals surface area contributed by atoms with E-state index in [1.165, 1.54) is 20.8 Å². The Morgan fingerprint density at radius 1 is 0.850 bits per heavy atom. The van der Waals surface area contributed by atoms with Crippen LogP contribution in [0.3, 0.4) is 0 Å². The van der Waals surface area contributed by atoms with Gasteiger partial charge >= 0.3 is 108 Å². The zero-order valence-electron chi connectivity index (χ0n) is 11.0. The quantitative estimate of drug-likeness (QED) is 0.317. The molecule has 0 aromatic carbocycles. The average Bonchev–Trinajstić information content (AvgIpc) is 2.38. The Morgan fingerprint density at radius 2 is 1.10 bits per heavy atom. The van der Waals surface area contributed by atoms with Crippen LogP contribution in [0.5, 0.6) is 0 Å². The number of halogens is 3. The molecule has 8 nitrogen and oxygen atoms in total. The molecule has 0 aliphatic heterocycles. The monoisotopic (exact) mass is 416 g/mol. The molecule has 12 heteroatoms. The summed E-state index contributed by atoms with van der Waals surface area (Å²) >= 11 is -6.07. The van der Waals surface area contributed by atoms with Crippen molar-refractivity contribution in [1.82, 2.24) is 0 Å². The molecular weight excluding hydrogens is 400 g/mol. The van der Waals surface area contributed by atoms with Crippen molar-refractivity contribution in [3.8, 4) is 0 Å². The van der Waals surface area contributed by atoms with Crippen LogP contribution in [0.4, 0.5) is 13.2 Å². The van der Waals surface area contributed by atoms with Crippen LogP contribution in [-0.4, -0.2) is 49.8 Å². The van der Waals surface area contributed by atoms with Gasteiger partial charge in [0, 0.05) is 0 Å². The minimum absolute atomic E-state index is 0.0975. The first-order valence-corrected chi connectivity index (χ1v) is 10.2. The minimum atomic E-state index is -6.07. The van der Waals surface area contributed by atoms with E-state index in [1.54, 1.807) is 0 Å². The van der Waals surface area contributed by atoms with Crippen LogP contribution >= 0.6 is 0 Å². The van der Waals surface area contributed by atoms with Crippen molar-refractivity contribution in [2.24, 2.45) is 0 Å². The average molecular weight is 415 g/mol. The molecule has 0 bridgehead atoms. The molecule has 20 heavy (non-hydrogen) atoms. The summed E-state index contributed by atoms with van der Waals surface area (Å²) in [4.78, 5) is 29.1. The van der Waals surface area contributed by atoms with Gasteiger partial charge in [-0.1, -0.05) is 0 Å². The molecule has 0 radical (unpaired) electrons. The fourth-order valence-electron chi connectivity index (χ4n) is 0.593. The summed E-state index contributed by atoms with van der Waals surface area (Å²) in [7, 11) is 0. The Morgan fingerprint density at radius 3 is 1.25 bits per heavy atom. The smallest absolute Gasteiger partial charge is 0.186 e. The Balaban J connectivity index is 0. The molecule has 0 heterocycles. The van der Waals surface area contributed by atoms with Crippen LogP contribution in [0.2, 0.25) is 0 Å². The summed E-state index contributed by atoms with van der Waals surface area (Å²) in [6.45, 7) is 4.07. The minimum Gasteiger partial charge on any atom is -0.186 e. The molecule has 120 valence electrons. The summed E-state index contributed by atoms with van der Waals surface area (Å²) < 4.78 is 46.3. The molecule has 0 atom stereocenters. The van der Waals surface area contributed by atoms with Gasteiger partial charge in [0.05, 0.1) is 0 Å². The summed E-state index contributed by atoms with van der Waals surface area (Å²) in [5.41, 5.74) is 0. The third-order valence-electron chi connectivity index (χ3n) is 1.21. The topological polar surface area (TPSA) is 89.5 Å². The largest absolute Gasteiger partial charge is 0.373 e. The predicted octanol–water partition coefficient (Wildman–Crippen LogP) is 1.35. The van der Waals surface area contributed by atoms with E-state index < -0.39 is 23.8 Å². The zero-order chi connectivity index (χ0) is 16.1. The maximum atomic E-state index is 12.8. The van der Waals surface area contributed by atoms with Crippen molar-refractivity contribution in [1.29, 1.82) is 0 Å². The predicted molar refractivity (Wildman–Crippen MR) is 54.9 cm³/mol. The van der Waals surface area contributed by atoms with Gasteiger partial charge in [0.25, 0.3) is 0 Å². The maximum Gasteiger partial charge on any atom is 0.373 e. The second kappa shape index (κ2) is 12.5. The second-order valence-electron chi connectivity index (χ2n) is 2.61. The van der Waals surface area contributed by atoms with Gasteiger partial charge in [0.1, 0.15) is 0 Å². The standard InChI is InChI=1S/3C2H6O2.CF3.CO2.Sn/c3*1-2-4-3;2-1(3)4;2-1-3;/h3*3H,2H2,1H3;;;/q;;;;;+3/p-3. The summed E-state index contributed by atoms with van der Waals surface area (Å²) in [6, 6.07) is 0. The molecule has 0 unspecified atom stereocenters. The number of alkyl halides is 3. The summed E-state index contributed by atoms with van der Waals surface area (Å²) in [5, 5.41) is 0. The number of hydrogen-bond acceptors (Lipinski definition) is 8. The van der Waals surface area contributed by atoms with E-state index in [1.807, 2.05) is 0 Å². The van der Waals surface area contributed by atoms with Crippen molar-refractivity contribution in [3.63, 3.8) is 0 Å². The van der Waals surface area contributed by atoms with Gasteiger partial charge in [-0.05, 0) is 0 Å². The van der Waals surface area contributed by atoms with Gasteiger partial charge in [-0.3, -0.25) is 0 Å². The van der Waals surface area contributed by atoms with Crippen molar-refractivity contribution >= 4 is 25.8 Å². The third-order valence-corrected chi connectivity index (χ3v) is 6.08. The van der Waals surface area contributed by atoms with E-state index in [-0.39, 0.29) is 26.0 Å². The fraction of sp³-hybridized carbons (Fsp3) is 0.875. The molecule has 0 fully saturated rings. The van der Waals surface area contributed by atoms with E-state index >= 15 is 0 Å². The molecule has 0 rings (SSSR count). The van der Waals surface area contributed by atoms with Crippen LogP contribution in [-0.2, 0) is 33.9 Å². The summed E-state index contributed by atoms with van der Waals surface area (Å²) in [6.07, 6.45) is 0.250. The SMILES string of the molecule is CCO[O][Sn]([O]OCC)([O]OCC)[C](F)(F)F.O=C=O. The second-order valence-corrected chi connectivity index (χ2v) is 8.83. The molecule has 0 spiro atoms. The molecule has 0 N–H and O–H groups in total. The van der Waals surface area contributed by atoms with E-state index in [9.17, 15) is 13.2 Å². The van der Waals surface area contributed by atoms with Crippen molar-refractivity contribution in [3.05, 3.63) is 0 Å². The zero-order valence-corrected chi connectivity index (χ0v) is 13.9. The molecular formula is C8H15F3O8Sn. The molecule has 0 saturated heterocycles. The Labute approximate surface area is 118 Å². The molecule has 0 aromatic heterocycles. The first kappa shape index (κ1) is 22.0. The van der Waals surface area contributed by atoms with Gasteiger partial charge in [-0.2, -0.15) is 9.59 Å². The fourth-order valence-corrected chi connectivity index (χ4v) is 3.98. The van der Waals surface area contributed by atoms with Gasteiger partial charge < -0.3 is 0 Å². The van der Waals surface area contributed by atoms with Crippen molar-refractivity contribution < 1.29 is 47.1 Å². The van der Waals surface area contributed by atoms with Crippen molar-refractivity contribution in [2.45, 2.75) is 25.0 Å². The molecule has 0 amide bonds. The first-order valence-electron chi connectivity index (χ1n) is 5.32. The molecule has 0 aliphatic carbocycles. The molecule has 0 saturated carbocycles. The van der Waals surface area contributed by atoms with Crippen LogP contribution in [0.1, 0.15) is 20.8 Å².